The van der Waals surface area contributed by atoms with Crippen molar-refractivity contribution in [2.75, 3.05) is 12.4 Å². The maximum atomic E-state index is 12.4. The van der Waals surface area contributed by atoms with Crippen molar-refractivity contribution in [1.29, 1.82) is 0 Å². The van der Waals surface area contributed by atoms with E-state index in [0.717, 1.165) is 0 Å². The van der Waals surface area contributed by atoms with Gasteiger partial charge in [0.2, 0.25) is 5.91 Å². The van der Waals surface area contributed by atoms with E-state index < -0.39 is 12.5 Å². The molecule has 2 rings (SSSR count). The molecule has 0 unspecified atom stereocenters. The van der Waals surface area contributed by atoms with Crippen LogP contribution >= 0.6 is 0 Å². The first-order valence-corrected chi connectivity index (χ1v) is 7.77. The standard InChI is InChI=1S/C19H18F2N2O3/c1-12-14(18(25)22-2)7-5-8-15(12)23-17(24)11-10-13-6-3-4-9-16(13)26-19(20)21/h3-11,19H,1-2H3,(H,22,25)(H,23,24). The van der Waals surface area contributed by atoms with Crippen LogP contribution in [0.2, 0.25) is 0 Å². The van der Waals surface area contributed by atoms with Crippen LogP contribution in [0.15, 0.2) is 48.5 Å². The summed E-state index contributed by atoms with van der Waals surface area (Å²) < 4.78 is 29.2. The maximum Gasteiger partial charge on any atom is 0.387 e. The van der Waals surface area contributed by atoms with Crippen LogP contribution in [-0.4, -0.2) is 25.5 Å². The lowest BCUT2D eigenvalue weighted by atomic mass is 10.1. The number of halogens is 2. The van der Waals surface area contributed by atoms with Gasteiger partial charge in [0.25, 0.3) is 5.91 Å². The minimum absolute atomic E-state index is 0.0238. The molecule has 0 fully saturated rings. The van der Waals surface area contributed by atoms with Crippen LogP contribution in [0, 0.1) is 6.92 Å². The summed E-state index contributed by atoms with van der Waals surface area (Å²) in [6.45, 7) is -1.23. The molecule has 0 aromatic heterocycles. The summed E-state index contributed by atoms with van der Waals surface area (Å²) >= 11 is 0. The van der Waals surface area contributed by atoms with Crippen molar-refractivity contribution in [1.82, 2.24) is 5.32 Å². The maximum absolute atomic E-state index is 12.4. The third-order valence-electron chi connectivity index (χ3n) is 3.61. The zero-order valence-corrected chi connectivity index (χ0v) is 14.3. The Kier molecular flexibility index (Phi) is 6.43. The van der Waals surface area contributed by atoms with Crippen LogP contribution in [0.4, 0.5) is 14.5 Å². The fraction of sp³-hybridized carbons (Fsp3) is 0.158. The van der Waals surface area contributed by atoms with Crippen LogP contribution in [0.1, 0.15) is 21.5 Å². The summed E-state index contributed by atoms with van der Waals surface area (Å²) in [6, 6.07) is 11.1. The summed E-state index contributed by atoms with van der Waals surface area (Å²) in [5, 5.41) is 5.20. The molecule has 0 atom stereocenters. The molecule has 5 nitrogen and oxygen atoms in total. The predicted octanol–water partition coefficient (Wildman–Crippen LogP) is 3.61. The average molecular weight is 360 g/mol. The number of carbonyl (C=O) groups excluding carboxylic acids is 2. The van der Waals surface area contributed by atoms with E-state index in [0.29, 0.717) is 22.4 Å². The molecule has 0 aliphatic heterocycles. The van der Waals surface area contributed by atoms with E-state index in [9.17, 15) is 18.4 Å². The quantitative estimate of drug-likeness (QED) is 0.774. The Hall–Kier alpha value is -3.22. The Morgan fingerprint density at radius 3 is 2.54 bits per heavy atom. The lowest BCUT2D eigenvalue weighted by Crippen LogP contribution is -2.20. The van der Waals surface area contributed by atoms with E-state index in [1.807, 2.05) is 0 Å². The molecule has 26 heavy (non-hydrogen) atoms. The molecule has 0 heterocycles. The highest BCUT2D eigenvalue weighted by Crippen LogP contribution is 2.22. The molecule has 2 aromatic rings. The topological polar surface area (TPSA) is 67.4 Å². The number of anilines is 1. The Morgan fingerprint density at radius 2 is 1.85 bits per heavy atom. The Morgan fingerprint density at radius 1 is 1.12 bits per heavy atom. The number of hydrogen-bond acceptors (Lipinski definition) is 3. The van der Waals surface area contributed by atoms with Gasteiger partial charge in [-0.3, -0.25) is 9.59 Å². The first-order valence-electron chi connectivity index (χ1n) is 7.77. The lowest BCUT2D eigenvalue weighted by molar-refractivity contribution is -0.111. The van der Waals surface area contributed by atoms with Crippen molar-refractivity contribution in [3.63, 3.8) is 0 Å². The molecule has 0 aliphatic carbocycles. The highest BCUT2D eigenvalue weighted by molar-refractivity contribution is 6.04. The van der Waals surface area contributed by atoms with Crippen molar-refractivity contribution in [3.8, 4) is 5.75 Å². The normalized spacial score (nSPS) is 10.8. The van der Waals surface area contributed by atoms with Gasteiger partial charge in [-0.2, -0.15) is 8.78 Å². The number of ether oxygens (including phenoxy) is 1. The van der Waals surface area contributed by atoms with E-state index in [1.165, 1.54) is 25.3 Å². The zero-order valence-electron chi connectivity index (χ0n) is 14.3. The van der Waals surface area contributed by atoms with E-state index in [-0.39, 0.29) is 11.7 Å². The third-order valence-corrected chi connectivity index (χ3v) is 3.61. The van der Waals surface area contributed by atoms with Gasteiger partial charge < -0.3 is 15.4 Å². The van der Waals surface area contributed by atoms with E-state index in [1.54, 1.807) is 43.3 Å². The number of hydrogen-bond donors (Lipinski definition) is 2. The summed E-state index contributed by atoms with van der Waals surface area (Å²) in [5.41, 5.74) is 1.90. The van der Waals surface area contributed by atoms with Crippen LogP contribution in [-0.2, 0) is 4.79 Å². The van der Waals surface area contributed by atoms with E-state index >= 15 is 0 Å². The van der Waals surface area contributed by atoms with Crippen LogP contribution < -0.4 is 15.4 Å². The number of alkyl halides is 2. The van der Waals surface area contributed by atoms with Gasteiger partial charge in [-0.15, -0.1) is 0 Å². The second-order valence-corrected chi connectivity index (χ2v) is 5.30. The van der Waals surface area contributed by atoms with Gasteiger partial charge in [0.1, 0.15) is 5.75 Å². The number of amides is 2. The van der Waals surface area contributed by atoms with Crippen LogP contribution in [0.25, 0.3) is 6.08 Å². The van der Waals surface area contributed by atoms with E-state index in [4.69, 9.17) is 0 Å². The summed E-state index contributed by atoms with van der Waals surface area (Å²) in [6.07, 6.45) is 2.59. The second kappa shape index (κ2) is 8.75. The minimum Gasteiger partial charge on any atom is -0.434 e. The number of para-hydroxylation sites is 1. The average Bonchev–Trinajstić information content (AvgIpc) is 2.61. The van der Waals surface area contributed by atoms with Gasteiger partial charge >= 0.3 is 6.61 Å². The molecule has 7 heteroatoms. The fourth-order valence-corrected chi connectivity index (χ4v) is 2.31. The van der Waals surface area contributed by atoms with Gasteiger partial charge in [-0.05, 0) is 36.8 Å². The molecule has 0 saturated carbocycles. The summed E-state index contributed by atoms with van der Waals surface area (Å²) in [5.74, 6) is -0.745. The molecule has 0 saturated heterocycles. The summed E-state index contributed by atoms with van der Waals surface area (Å²) in [7, 11) is 1.52. The molecule has 0 aliphatic rings. The second-order valence-electron chi connectivity index (χ2n) is 5.30. The molecule has 0 bridgehead atoms. The van der Waals surface area contributed by atoms with Crippen molar-refractivity contribution in [2.45, 2.75) is 13.5 Å². The Labute approximate surface area is 149 Å². The van der Waals surface area contributed by atoms with Crippen molar-refractivity contribution in [3.05, 3.63) is 65.2 Å². The van der Waals surface area contributed by atoms with Gasteiger partial charge in [-0.1, -0.05) is 24.3 Å². The van der Waals surface area contributed by atoms with Crippen molar-refractivity contribution < 1.29 is 23.1 Å². The lowest BCUT2D eigenvalue weighted by Gasteiger charge is -2.11. The fourth-order valence-electron chi connectivity index (χ4n) is 2.31. The monoisotopic (exact) mass is 360 g/mol. The van der Waals surface area contributed by atoms with Gasteiger partial charge in [0, 0.05) is 29.9 Å². The van der Waals surface area contributed by atoms with Gasteiger partial charge in [-0.25, -0.2) is 0 Å². The smallest absolute Gasteiger partial charge is 0.387 e. The Balaban J connectivity index is 2.15. The highest BCUT2D eigenvalue weighted by Gasteiger charge is 2.11. The van der Waals surface area contributed by atoms with Crippen LogP contribution in [0.5, 0.6) is 5.75 Å². The van der Waals surface area contributed by atoms with Gasteiger partial charge in [0.15, 0.2) is 0 Å². The van der Waals surface area contributed by atoms with Crippen molar-refractivity contribution in [2.24, 2.45) is 0 Å². The van der Waals surface area contributed by atoms with Crippen molar-refractivity contribution >= 4 is 23.6 Å². The molecular weight excluding hydrogens is 342 g/mol. The predicted molar refractivity (Wildman–Crippen MR) is 95.3 cm³/mol. The molecular formula is C19H18F2N2O3. The minimum atomic E-state index is -2.95. The third kappa shape index (κ3) is 4.89. The summed E-state index contributed by atoms with van der Waals surface area (Å²) in [4.78, 5) is 23.9. The first-order chi connectivity index (χ1) is 12.4. The number of carbonyl (C=O) groups is 2. The largest absolute Gasteiger partial charge is 0.434 e. The highest BCUT2D eigenvalue weighted by atomic mass is 19.3. The molecule has 2 aromatic carbocycles. The molecule has 0 spiro atoms. The number of benzene rings is 2. The number of rotatable bonds is 6. The number of nitrogens with one attached hydrogen (secondary N) is 2. The van der Waals surface area contributed by atoms with Crippen LogP contribution in [0.3, 0.4) is 0 Å². The van der Waals surface area contributed by atoms with Gasteiger partial charge in [0.05, 0.1) is 0 Å². The zero-order chi connectivity index (χ0) is 19.1. The molecule has 2 N–H and O–H groups in total. The Bertz CT molecular complexity index is 835. The SMILES string of the molecule is CNC(=O)c1cccc(NC(=O)C=Cc2ccccc2OC(F)F)c1C. The van der Waals surface area contributed by atoms with E-state index in [2.05, 4.69) is 15.4 Å². The molecule has 0 radical (unpaired) electrons. The first kappa shape index (κ1) is 19.1. The molecule has 136 valence electrons. The molecule has 2 amide bonds.